The van der Waals surface area contributed by atoms with Crippen LogP contribution in [-0.2, 0) is 0 Å². The third-order valence-electron chi connectivity index (χ3n) is 2.85. The molecule has 1 aliphatic rings. The van der Waals surface area contributed by atoms with E-state index in [4.69, 9.17) is 0 Å². The zero-order valence-corrected chi connectivity index (χ0v) is 9.63. The van der Waals surface area contributed by atoms with E-state index in [0.717, 1.165) is 25.8 Å². The van der Waals surface area contributed by atoms with Crippen LogP contribution in [0, 0.1) is 5.92 Å². The van der Waals surface area contributed by atoms with Gasteiger partial charge in [0, 0.05) is 6.54 Å². The summed E-state index contributed by atoms with van der Waals surface area (Å²) < 4.78 is 0. The lowest BCUT2D eigenvalue weighted by Gasteiger charge is -2.20. The van der Waals surface area contributed by atoms with Gasteiger partial charge in [0.1, 0.15) is 0 Å². The Balaban J connectivity index is 2.84. The third kappa shape index (κ3) is 3.43. The van der Waals surface area contributed by atoms with E-state index in [1.54, 1.807) is 0 Å². The van der Waals surface area contributed by atoms with Crippen molar-refractivity contribution in [3.05, 3.63) is 48.7 Å². The average molecular weight is 203 g/mol. The second-order valence-electron chi connectivity index (χ2n) is 3.92. The molecule has 0 saturated carbocycles. The lowest BCUT2D eigenvalue weighted by atomic mass is 9.86. The molecule has 0 amide bonds. The van der Waals surface area contributed by atoms with Crippen LogP contribution in [0.5, 0.6) is 0 Å². The van der Waals surface area contributed by atoms with E-state index in [2.05, 4.69) is 37.6 Å². The van der Waals surface area contributed by atoms with Gasteiger partial charge >= 0.3 is 0 Å². The van der Waals surface area contributed by atoms with Gasteiger partial charge in [0.05, 0.1) is 0 Å². The molecule has 1 heterocycles. The Kier molecular flexibility index (Phi) is 4.96. The van der Waals surface area contributed by atoms with E-state index >= 15 is 0 Å². The second kappa shape index (κ2) is 6.28. The predicted molar refractivity (Wildman–Crippen MR) is 67.6 cm³/mol. The van der Waals surface area contributed by atoms with Gasteiger partial charge in [0.15, 0.2) is 0 Å². The van der Waals surface area contributed by atoms with E-state index in [1.807, 2.05) is 12.3 Å². The first-order chi connectivity index (χ1) is 7.29. The van der Waals surface area contributed by atoms with Crippen molar-refractivity contribution >= 4 is 0 Å². The molecule has 1 N–H and O–H groups in total. The molecule has 0 saturated heterocycles. The molecule has 82 valence electrons. The summed E-state index contributed by atoms with van der Waals surface area (Å²) in [5.74, 6) is 0.581. The minimum atomic E-state index is 0.581. The van der Waals surface area contributed by atoms with Crippen molar-refractivity contribution in [1.82, 2.24) is 5.32 Å². The van der Waals surface area contributed by atoms with E-state index in [9.17, 15) is 0 Å². The molecule has 0 fully saturated rings. The molecular formula is C14H21N. The maximum atomic E-state index is 4.17. The maximum absolute atomic E-state index is 4.17. The van der Waals surface area contributed by atoms with Gasteiger partial charge < -0.3 is 5.32 Å². The summed E-state index contributed by atoms with van der Waals surface area (Å²) in [6.07, 6.45) is 11.5. The molecule has 0 spiro atoms. The summed E-state index contributed by atoms with van der Waals surface area (Å²) in [7, 11) is 0. The molecule has 0 aromatic rings. The van der Waals surface area contributed by atoms with Crippen LogP contribution >= 0.6 is 0 Å². The van der Waals surface area contributed by atoms with Crippen LogP contribution in [-0.4, -0.2) is 6.54 Å². The number of hydrogen-bond donors (Lipinski definition) is 1. The monoisotopic (exact) mass is 203 g/mol. The van der Waals surface area contributed by atoms with Crippen molar-refractivity contribution in [2.45, 2.75) is 26.2 Å². The fourth-order valence-electron chi connectivity index (χ4n) is 1.93. The van der Waals surface area contributed by atoms with Gasteiger partial charge in [-0.25, -0.2) is 0 Å². The molecular weight excluding hydrogens is 182 g/mol. The quantitative estimate of drug-likeness (QED) is 0.689. The number of hydrogen-bond acceptors (Lipinski definition) is 1. The first-order valence-corrected chi connectivity index (χ1v) is 5.68. The summed E-state index contributed by atoms with van der Waals surface area (Å²) in [6, 6.07) is 0. The molecule has 0 aromatic carbocycles. The molecule has 1 aliphatic heterocycles. The Morgan fingerprint density at radius 3 is 3.07 bits per heavy atom. The zero-order chi connectivity index (χ0) is 11.1. The van der Waals surface area contributed by atoms with Crippen LogP contribution in [0.15, 0.2) is 48.7 Å². The molecule has 1 nitrogen and oxygen atoms in total. The molecule has 1 rings (SSSR count). The fraction of sp³-hybridized carbons (Fsp3) is 0.429. The summed E-state index contributed by atoms with van der Waals surface area (Å²) in [5.41, 5.74) is 2.66. The SMILES string of the molecule is C=CCC(CC)/C1=C/C=C\NCCC1=C. The largest absolute Gasteiger partial charge is 0.391 e. The molecule has 1 unspecified atom stereocenters. The Morgan fingerprint density at radius 1 is 1.60 bits per heavy atom. The summed E-state index contributed by atoms with van der Waals surface area (Å²) >= 11 is 0. The minimum absolute atomic E-state index is 0.581. The van der Waals surface area contributed by atoms with Crippen molar-refractivity contribution in [2.75, 3.05) is 6.54 Å². The number of rotatable bonds is 4. The van der Waals surface area contributed by atoms with Gasteiger partial charge in [-0.3, -0.25) is 0 Å². The summed E-state index contributed by atoms with van der Waals surface area (Å²) in [4.78, 5) is 0. The summed E-state index contributed by atoms with van der Waals surface area (Å²) in [6.45, 7) is 11.2. The van der Waals surface area contributed by atoms with Crippen LogP contribution in [0.25, 0.3) is 0 Å². The molecule has 1 atom stereocenters. The lowest BCUT2D eigenvalue weighted by Crippen LogP contribution is -2.13. The highest BCUT2D eigenvalue weighted by atomic mass is 14.8. The van der Waals surface area contributed by atoms with Crippen LogP contribution < -0.4 is 5.32 Å². The van der Waals surface area contributed by atoms with Crippen molar-refractivity contribution < 1.29 is 0 Å². The highest BCUT2D eigenvalue weighted by Gasteiger charge is 2.13. The fourth-order valence-corrected chi connectivity index (χ4v) is 1.93. The molecule has 1 heteroatoms. The highest BCUT2D eigenvalue weighted by molar-refractivity contribution is 5.35. The van der Waals surface area contributed by atoms with Crippen molar-refractivity contribution in [2.24, 2.45) is 5.92 Å². The van der Waals surface area contributed by atoms with Crippen molar-refractivity contribution in [1.29, 1.82) is 0 Å². The van der Waals surface area contributed by atoms with E-state index in [-0.39, 0.29) is 0 Å². The lowest BCUT2D eigenvalue weighted by molar-refractivity contribution is 0.599. The normalized spacial score (nSPS) is 24.1. The van der Waals surface area contributed by atoms with Gasteiger partial charge in [-0.2, -0.15) is 0 Å². The molecule has 0 radical (unpaired) electrons. The molecule has 15 heavy (non-hydrogen) atoms. The molecule has 0 aliphatic carbocycles. The first kappa shape index (κ1) is 11.8. The van der Waals surface area contributed by atoms with E-state index in [1.165, 1.54) is 11.1 Å². The topological polar surface area (TPSA) is 12.0 Å². The van der Waals surface area contributed by atoms with Crippen LogP contribution in [0.4, 0.5) is 0 Å². The Morgan fingerprint density at radius 2 is 2.40 bits per heavy atom. The van der Waals surface area contributed by atoms with Crippen LogP contribution in [0.3, 0.4) is 0 Å². The Labute approximate surface area is 93.3 Å². The van der Waals surface area contributed by atoms with Gasteiger partial charge in [0.25, 0.3) is 0 Å². The van der Waals surface area contributed by atoms with Crippen molar-refractivity contribution in [3.63, 3.8) is 0 Å². The predicted octanol–water partition coefficient (Wildman–Crippen LogP) is 3.58. The van der Waals surface area contributed by atoms with Crippen LogP contribution in [0.2, 0.25) is 0 Å². The zero-order valence-electron chi connectivity index (χ0n) is 9.63. The van der Waals surface area contributed by atoms with E-state index < -0.39 is 0 Å². The minimum Gasteiger partial charge on any atom is -0.391 e. The van der Waals surface area contributed by atoms with Crippen LogP contribution in [0.1, 0.15) is 26.2 Å². The number of allylic oxidation sites excluding steroid dienone is 4. The average Bonchev–Trinajstić information content (AvgIpc) is 2.22. The molecule has 0 bridgehead atoms. The smallest absolute Gasteiger partial charge is 0.0181 e. The standard InChI is InChI=1S/C14H21N/c1-4-7-13(5-2)14-8-6-10-15-11-9-12(14)3/h4,6,8,10,13,15H,1,3,5,7,9,11H2,2H3/b10-6-,14-8+. The Bertz CT molecular complexity index is 284. The maximum Gasteiger partial charge on any atom is 0.0181 e. The summed E-state index contributed by atoms with van der Waals surface area (Å²) in [5, 5.41) is 3.22. The second-order valence-corrected chi connectivity index (χ2v) is 3.92. The Hall–Kier alpha value is -1.24. The van der Waals surface area contributed by atoms with Gasteiger partial charge in [-0.15, -0.1) is 6.58 Å². The van der Waals surface area contributed by atoms with Gasteiger partial charge in [-0.05, 0) is 48.6 Å². The van der Waals surface area contributed by atoms with Crippen molar-refractivity contribution in [3.8, 4) is 0 Å². The first-order valence-electron chi connectivity index (χ1n) is 5.68. The van der Waals surface area contributed by atoms with Gasteiger partial charge in [-0.1, -0.05) is 25.7 Å². The third-order valence-corrected chi connectivity index (χ3v) is 2.85. The van der Waals surface area contributed by atoms with E-state index in [0.29, 0.717) is 5.92 Å². The van der Waals surface area contributed by atoms with Gasteiger partial charge in [0.2, 0.25) is 0 Å². The number of nitrogens with one attached hydrogen (secondary N) is 1. The molecule has 0 aromatic heterocycles. The highest BCUT2D eigenvalue weighted by Crippen LogP contribution is 2.27.